The second-order valence-electron chi connectivity index (χ2n) is 3.62. The SMILES string of the molecule is CC(=O)NCCC#Cc1cnc(C)c([N+](=O)[O-])c1. The highest BCUT2D eigenvalue weighted by molar-refractivity contribution is 5.72. The molecule has 1 heterocycles. The van der Waals surface area contributed by atoms with E-state index >= 15 is 0 Å². The smallest absolute Gasteiger partial charge is 0.291 e. The summed E-state index contributed by atoms with van der Waals surface area (Å²) in [6, 6.07) is 1.40. The highest BCUT2D eigenvalue weighted by Gasteiger charge is 2.11. The van der Waals surface area contributed by atoms with Crippen LogP contribution in [0.1, 0.15) is 24.6 Å². The van der Waals surface area contributed by atoms with Gasteiger partial charge in [-0.15, -0.1) is 0 Å². The monoisotopic (exact) mass is 247 g/mol. The molecule has 0 spiro atoms. The van der Waals surface area contributed by atoms with Gasteiger partial charge in [-0.1, -0.05) is 11.8 Å². The number of amides is 1. The molecule has 94 valence electrons. The van der Waals surface area contributed by atoms with E-state index in [1.54, 1.807) is 6.92 Å². The number of pyridine rings is 1. The van der Waals surface area contributed by atoms with Crippen LogP contribution in [0.15, 0.2) is 12.3 Å². The van der Waals surface area contributed by atoms with Crippen LogP contribution in [-0.2, 0) is 4.79 Å². The van der Waals surface area contributed by atoms with Crippen molar-refractivity contribution in [3.8, 4) is 11.8 Å². The Labute approximate surface area is 105 Å². The number of carbonyl (C=O) groups excluding carboxylic acids is 1. The maximum Gasteiger partial charge on any atom is 0.291 e. The van der Waals surface area contributed by atoms with Gasteiger partial charge in [0.25, 0.3) is 5.69 Å². The Kier molecular flexibility index (Phi) is 4.81. The second kappa shape index (κ2) is 6.35. The molecule has 0 aromatic carbocycles. The van der Waals surface area contributed by atoms with Crippen molar-refractivity contribution >= 4 is 11.6 Å². The molecule has 1 aromatic rings. The zero-order valence-corrected chi connectivity index (χ0v) is 10.2. The number of carbonyl (C=O) groups is 1. The van der Waals surface area contributed by atoms with E-state index in [-0.39, 0.29) is 11.6 Å². The van der Waals surface area contributed by atoms with Crippen molar-refractivity contribution in [3.63, 3.8) is 0 Å². The molecule has 1 rings (SSSR count). The molecule has 0 unspecified atom stereocenters. The van der Waals surface area contributed by atoms with Gasteiger partial charge in [0.1, 0.15) is 5.69 Å². The average molecular weight is 247 g/mol. The number of nitrogens with one attached hydrogen (secondary N) is 1. The summed E-state index contributed by atoms with van der Waals surface area (Å²) in [5.74, 6) is 5.48. The van der Waals surface area contributed by atoms with Crippen LogP contribution in [0.3, 0.4) is 0 Å². The zero-order chi connectivity index (χ0) is 13.5. The highest BCUT2D eigenvalue weighted by atomic mass is 16.6. The third kappa shape index (κ3) is 4.22. The molecule has 6 nitrogen and oxygen atoms in total. The first-order valence-corrected chi connectivity index (χ1v) is 5.35. The Bertz CT molecular complexity index is 529. The number of hydrogen-bond donors (Lipinski definition) is 1. The summed E-state index contributed by atoms with van der Waals surface area (Å²) in [5, 5.41) is 13.3. The maximum absolute atomic E-state index is 10.7. The van der Waals surface area contributed by atoms with Crippen LogP contribution in [0.5, 0.6) is 0 Å². The minimum Gasteiger partial charge on any atom is -0.355 e. The fourth-order valence-electron chi connectivity index (χ4n) is 1.24. The standard InChI is InChI=1S/C12H13N3O3/c1-9-12(15(17)18)7-11(8-14-9)5-3-4-6-13-10(2)16/h7-8H,4,6H2,1-2H3,(H,13,16). The fourth-order valence-corrected chi connectivity index (χ4v) is 1.24. The van der Waals surface area contributed by atoms with Crippen LogP contribution in [0.25, 0.3) is 0 Å². The van der Waals surface area contributed by atoms with Gasteiger partial charge in [0.05, 0.1) is 4.92 Å². The van der Waals surface area contributed by atoms with Crippen LogP contribution in [0, 0.1) is 28.9 Å². The summed E-state index contributed by atoms with van der Waals surface area (Å²) in [5.41, 5.74) is 0.822. The minimum absolute atomic E-state index is 0.0383. The van der Waals surface area contributed by atoms with Gasteiger partial charge in [-0.2, -0.15) is 0 Å². The summed E-state index contributed by atoms with van der Waals surface area (Å²) in [4.78, 5) is 24.7. The van der Waals surface area contributed by atoms with Crippen molar-refractivity contribution < 1.29 is 9.72 Å². The fraction of sp³-hybridized carbons (Fsp3) is 0.333. The molecule has 6 heteroatoms. The number of aromatic nitrogens is 1. The molecular formula is C12H13N3O3. The van der Waals surface area contributed by atoms with Crippen LogP contribution in [-0.4, -0.2) is 22.4 Å². The molecule has 1 amide bonds. The third-order valence-corrected chi connectivity index (χ3v) is 2.11. The van der Waals surface area contributed by atoms with E-state index in [9.17, 15) is 14.9 Å². The lowest BCUT2D eigenvalue weighted by Crippen LogP contribution is -2.20. The van der Waals surface area contributed by atoms with E-state index in [1.807, 2.05) is 0 Å². The van der Waals surface area contributed by atoms with Crippen molar-refractivity contribution in [2.45, 2.75) is 20.3 Å². The quantitative estimate of drug-likeness (QED) is 0.376. The normalized spacial score (nSPS) is 9.22. The van der Waals surface area contributed by atoms with Crippen molar-refractivity contribution in [2.75, 3.05) is 6.54 Å². The Morgan fingerprint density at radius 3 is 2.94 bits per heavy atom. The van der Waals surface area contributed by atoms with Crippen LogP contribution in [0.4, 0.5) is 5.69 Å². The molecule has 1 N–H and O–H groups in total. The first-order valence-electron chi connectivity index (χ1n) is 5.35. The Morgan fingerprint density at radius 1 is 1.61 bits per heavy atom. The number of aryl methyl sites for hydroxylation is 1. The van der Waals surface area contributed by atoms with Crippen molar-refractivity contribution in [1.29, 1.82) is 0 Å². The molecule has 0 saturated heterocycles. The predicted molar refractivity (Wildman–Crippen MR) is 65.8 cm³/mol. The number of nitrogens with zero attached hydrogens (tertiary/aromatic N) is 2. The lowest BCUT2D eigenvalue weighted by Gasteiger charge is -1.96. The molecule has 0 aliphatic rings. The van der Waals surface area contributed by atoms with Gasteiger partial charge in [0.15, 0.2) is 0 Å². The van der Waals surface area contributed by atoms with Crippen molar-refractivity contribution in [2.24, 2.45) is 0 Å². The largest absolute Gasteiger partial charge is 0.355 e. The van der Waals surface area contributed by atoms with Gasteiger partial charge >= 0.3 is 0 Å². The summed E-state index contributed by atoms with van der Waals surface area (Å²) >= 11 is 0. The van der Waals surface area contributed by atoms with Gasteiger partial charge in [-0.25, -0.2) is 0 Å². The lowest BCUT2D eigenvalue weighted by molar-refractivity contribution is -0.385. The third-order valence-electron chi connectivity index (χ3n) is 2.11. The van der Waals surface area contributed by atoms with E-state index < -0.39 is 4.92 Å². The van der Waals surface area contributed by atoms with Gasteiger partial charge in [0.2, 0.25) is 5.91 Å². The molecule has 18 heavy (non-hydrogen) atoms. The first kappa shape index (κ1) is 13.6. The number of nitro groups is 1. The molecule has 0 fully saturated rings. The van der Waals surface area contributed by atoms with E-state index in [1.165, 1.54) is 19.2 Å². The molecule has 0 aliphatic carbocycles. The summed E-state index contributed by atoms with van der Waals surface area (Å²) < 4.78 is 0. The van der Waals surface area contributed by atoms with Gasteiger partial charge in [0, 0.05) is 37.7 Å². The van der Waals surface area contributed by atoms with Gasteiger partial charge in [-0.05, 0) is 6.92 Å². The zero-order valence-electron chi connectivity index (χ0n) is 10.2. The maximum atomic E-state index is 10.7. The van der Waals surface area contributed by atoms with Gasteiger partial charge < -0.3 is 5.32 Å². The molecule has 0 radical (unpaired) electrons. The molecule has 0 saturated carbocycles. The summed E-state index contributed by atoms with van der Waals surface area (Å²) in [6.45, 7) is 3.47. The van der Waals surface area contributed by atoms with Crippen LogP contribution in [0.2, 0.25) is 0 Å². The average Bonchev–Trinajstić information content (AvgIpc) is 2.30. The topological polar surface area (TPSA) is 85.1 Å². The number of rotatable bonds is 3. The molecule has 0 aliphatic heterocycles. The first-order chi connectivity index (χ1) is 8.50. The van der Waals surface area contributed by atoms with E-state index in [0.717, 1.165) is 0 Å². The van der Waals surface area contributed by atoms with E-state index in [2.05, 4.69) is 22.1 Å². The van der Waals surface area contributed by atoms with E-state index in [0.29, 0.717) is 24.2 Å². The summed E-state index contributed by atoms with van der Waals surface area (Å²) in [7, 11) is 0. The highest BCUT2D eigenvalue weighted by Crippen LogP contribution is 2.15. The van der Waals surface area contributed by atoms with Crippen LogP contribution < -0.4 is 5.32 Å². The van der Waals surface area contributed by atoms with Crippen molar-refractivity contribution in [1.82, 2.24) is 10.3 Å². The number of hydrogen-bond acceptors (Lipinski definition) is 4. The molecule has 0 atom stereocenters. The summed E-state index contributed by atoms with van der Waals surface area (Å²) in [6.07, 6.45) is 1.98. The molecular weight excluding hydrogens is 234 g/mol. The Morgan fingerprint density at radius 2 is 2.33 bits per heavy atom. The van der Waals surface area contributed by atoms with Crippen LogP contribution >= 0.6 is 0 Å². The Hall–Kier alpha value is -2.42. The lowest BCUT2D eigenvalue weighted by atomic mass is 10.2. The van der Waals surface area contributed by atoms with Crippen molar-refractivity contribution in [3.05, 3.63) is 33.6 Å². The Balaban J connectivity index is 2.68. The van der Waals surface area contributed by atoms with Gasteiger partial charge in [-0.3, -0.25) is 19.9 Å². The minimum atomic E-state index is -0.481. The molecule has 1 aromatic heterocycles. The second-order valence-corrected chi connectivity index (χ2v) is 3.62. The van der Waals surface area contributed by atoms with E-state index in [4.69, 9.17) is 0 Å². The predicted octanol–water partition coefficient (Wildman–Crippen LogP) is 1.18. The molecule has 0 bridgehead atoms.